The molecule has 0 N–H and O–H groups in total. The van der Waals surface area contributed by atoms with E-state index in [1.807, 2.05) is 0 Å². The maximum Gasteiger partial charge on any atom is 0.160 e. The van der Waals surface area contributed by atoms with E-state index >= 15 is 0 Å². The summed E-state index contributed by atoms with van der Waals surface area (Å²) >= 11 is 0. The van der Waals surface area contributed by atoms with Gasteiger partial charge < -0.3 is 0 Å². The van der Waals surface area contributed by atoms with Crippen LogP contribution < -0.4 is 0 Å². The van der Waals surface area contributed by atoms with Gasteiger partial charge in [0, 0.05) is 5.56 Å². The summed E-state index contributed by atoms with van der Waals surface area (Å²) in [6.45, 7) is 1.75. The van der Waals surface area contributed by atoms with Crippen LogP contribution in [0.3, 0.4) is 0 Å². The molecule has 1 aromatic carbocycles. The van der Waals surface area contributed by atoms with Crippen molar-refractivity contribution in [1.82, 2.24) is 0 Å². The van der Waals surface area contributed by atoms with Crippen LogP contribution >= 0.6 is 0 Å². The molecule has 0 heterocycles. The van der Waals surface area contributed by atoms with E-state index in [4.69, 9.17) is 0 Å². The molecule has 0 aromatic heterocycles. The van der Waals surface area contributed by atoms with Crippen molar-refractivity contribution < 1.29 is 4.79 Å². The predicted molar refractivity (Wildman–Crippen MR) is 69.7 cm³/mol. The lowest BCUT2D eigenvalue weighted by atomic mass is 9.78. The molecule has 17 heavy (non-hydrogen) atoms. The average Bonchev–Trinajstić information content (AvgIpc) is 2.35. The van der Waals surface area contributed by atoms with E-state index < -0.39 is 0 Å². The number of benzene rings is 1. The lowest BCUT2D eigenvalue weighted by molar-refractivity contribution is 0.101. The molecule has 0 saturated heterocycles. The van der Waals surface area contributed by atoms with Crippen molar-refractivity contribution in [3.8, 4) is 0 Å². The maximum absolute atomic E-state index is 12.0. The molecule has 0 spiro atoms. The normalized spacial score (nSPS) is 18.4. The Labute approximate surface area is 103 Å². The predicted octanol–water partition coefficient (Wildman–Crippen LogP) is 3.65. The molecule has 0 bridgehead atoms. The van der Waals surface area contributed by atoms with Gasteiger partial charge in [-0.3, -0.25) is 4.79 Å². The Morgan fingerprint density at radius 1 is 0.882 bits per heavy atom. The average molecular weight is 228 g/mol. The van der Waals surface area contributed by atoms with Crippen molar-refractivity contribution in [2.45, 2.75) is 58.3 Å². The van der Waals surface area contributed by atoms with Crippen molar-refractivity contribution in [3.05, 3.63) is 33.9 Å². The number of aryl methyl sites for hydroxylation is 2. The van der Waals surface area contributed by atoms with E-state index in [1.54, 1.807) is 6.92 Å². The highest BCUT2D eigenvalue weighted by Crippen LogP contribution is 2.33. The van der Waals surface area contributed by atoms with E-state index in [0.29, 0.717) is 5.78 Å². The quantitative estimate of drug-likeness (QED) is 0.671. The van der Waals surface area contributed by atoms with Crippen molar-refractivity contribution in [3.63, 3.8) is 0 Å². The number of rotatable bonds is 1. The smallest absolute Gasteiger partial charge is 0.160 e. The van der Waals surface area contributed by atoms with Crippen LogP contribution in [0.4, 0.5) is 0 Å². The summed E-state index contributed by atoms with van der Waals surface area (Å²) in [5.41, 5.74) is 6.84. The molecule has 3 rings (SSSR count). The van der Waals surface area contributed by atoms with Crippen LogP contribution in [-0.2, 0) is 25.7 Å². The first-order valence-electron chi connectivity index (χ1n) is 6.95. The molecule has 0 amide bonds. The van der Waals surface area contributed by atoms with Gasteiger partial charge in [0.25, 0.3) is 0 Å². The summed E-state index contributed by atoms with van der Waals surface area (Å²) in [4.78, 5) is 12.0. The molecule has 0 radical (unpaired) electrons. The van der Waals surface area contributed by atoms with Gasteiger partial charge in [0.15, 0.2) is 5.78 Å². The second-order valence-corrected chi connectivity index (χ2v) is 5.50. The van der Waals surface area contributed by atoms with Crippen LogP contribution in [0.1, 0.15) is 65.2 Å². The largest absolute Gasteiger partial charge is 0.294 e. The molecule has 0 unspecified atom stereocenters. The fourth-order valence-electron chi connectivity index (χ4n) is 3.56. The van der Waals surface area contributed by atoms with E-state index in [-0.39, 0.29) is 0 Å². The van der Waals surface area contributed by atoms with Crippen LogP contribution in [0.15, 0.2) is 6.07 Å². The van der Waals surface area contributed by atoms with Gasteiger partial charge in [0.05, 0.1) is 0 Å². The van der Waals surface area contributed by atoms with Gasteiger partial charge in [-0.2, -0.15) is 0 Å². The van der Waals surface area contributed by atoms with Crippen LogP contribution in [0.5, 0.6) is 0 Å². The lowest BCUT2D eigenvalue weighted by Crippen LogP contribution is -2.17. The Balaban J connectivity index is 2.23. The van der Waals surface area contributed by atoms with Crippen LogP contribution in [0.25, 0.3) is 0 Å². The van der Waals surface area contributed by atoms with Crippen LogP contribution in [0.2, 0.25) is 0 Å². The monoisotopic (exact) mass is 228 g/mol. The number of carbonyl (C=O) groups is 1. The van der Waals surface area contributed by atoms with E-state index in [1.165, 1.54) is 60.8 Å². The fraction of sp³-hybridized carbons (Fsp3) is 0.562. The first kappa shape index (κ1) is 11.0. The van der Waals surface area contributed by atoms with Gasteiger partial charge in [-0.1, -0.05) is 6.07 Å². The van der Waals surface area contributed by atoms with Gasteiger partial charge in [-0.05, 0) is 80.5 Å². The Morgan fingerprint density at radius 3 is 1.82 bits per heavy atom. The number of fused-ring (bicyclic) bond motifs is 2. The number of carbonyl (C=O) groups excluding carboxylic acids is 1. The molecule has 1 nitrogen and oxygen atoms in total. The summed E-state index contributed by atoms with van der Waals surface area (Å²) in [5.74, 6) is 0.293. The SMILES string of the molecule is CC(=O)c1c2c(cc3c1CCCC3)CCCC2. The van der Waals surface area contributed by atoms with E-state index in [2.05, 4.69) is 6.07 Å². The van der Waals surface area contributed by atoms with Gasteiger partial charge in [0.1, 0.15) is 0 Å². The van der Waals surface area contributed by atoms with Crippen molar-refractivity contribution in [2.24, 2.45) is 0 Å². The molecule has 0 aliphatic heterocycles. The molecule has 0 saturated carbocycles. The Hall–Kier alpha value is -1.11. The third-order valence-electron chi connectivity index (χ3n) is 4.33. The molecule has 1 aromatic rings. The highest BCUT2D eigenvalue weighted by atomic mass is 16.1. The minimum Gasteiger partial charge on any atom is -0.294 e. The summed E-state index contributed by atoms with van der Waals surface area (Å²) in [7, 11) is 0. The summed E-state index contributed by atoms with van der Waals surface area (Å²) in [6.07, 6.45) is 9.71. The second kappa shape index (κ2) is 4.29. The lowest BCUT2D eigenvalue weighted by Gasteiger charge is -2.26. The summed E-state index contributed by atoms with van der Waals surface area (Å²) in [5, 5.41) is 0. The standard InChI is InChI=1S/C16H20O/c1-11(17)16-14-8-4-2-6-12(14)10-13-7-3-5-9-15(13)16/h10H,2-9H2,1H3. The zero-order valence-electron chi connectivity index (χ0n) is 10.6. The van der Waals surface area contributed by atoms with Gasteiger partial charge in [-0.15, -0.1) is 0 Å². The first-order valence-corrected chi connectivity index (χ1v) is 6.95. The molecule has 0 atom stereocenters. The zero-order valence-corrected chi connectivity index (χ0v) is 10.6. The highest BCUT2D eigenvalue weighted by molar-refractivity contribution is 5.98. The maximum atomic E-state index is 12.0. The topological polar surface area (TPSA) is 17.1 Å². The fourth-order valence-corrected chi connectivity index (χ4v) is 3.56. The molecule has 0 fully saturated rings. The molecular formula is C16H20O. The third kappa shape index (κ3) is 1.82. The van der Waals surface area contributed by atoms with Crippen LogP contribution in [-0.4, -0.2) is 5.78 Å². The van der Waals surface area contributed by atoms with Crippen molar-refractivity contribution >= 4 is 5.78 Å². The molecule has 2 aliphatic carbocycles. The number of ketones is 1. The van der Waals surface area contributed by atoms with Crippen molar-refractivity contribution in [1.29, 1.82) is 0 Å². The van der Waals surface area contributed by atoms with Gasteiger partial charge in [-0.25, -0.2) is 0 Å². The Kier molecular flexibility index (Phi) is 2.78. The minimum absolute atomic E-state index is 0.293. The zero-order chi connectivity index (χ0) is 11.8. The van der Waals surface area contributed by atoms with Crippen LogP contribution in [0, 0.1) is 0 Å². The number of hydrogen-bond donors (Lipinski definition) is 0. The number of hydrogen-bond acceptors (Lipinski definition) is 1. The first-order chi connectivity index (χ1) is 8.27. The van der Waals surface area contributed by atoms with E-state index in [9.17, 15) is 4.79 Å². The molecule has 1 heteroatoms. The van der Waals surface area contributed by atoms with Crippen molar-refractivity contribution in [2.75, 3.05) is 0 Å². The highest BCUT2D eigenvalue weighted by Gasteiger charge is 2.23. The minimum atomic E-state index is 0.293. The number of Topliss-reactive ketones (excluding diaryl/α,β-unsaturated/α-hetero) is 1. The Morgan fingerprint density at radius 2 is 1.35 bits per heavy atom. The second-order valence-electron chi connectivity index (χ2n) is 5.50. The van der Waals surface area contributed by atoms with Gasteiger partial charge >= 0.3 is 0 Å². The van der Waals surface area contributed by atoms with E-state index in [0.717, 1.165) is 18.4 Å². The van der Waals surface area contributed by atoms with Gasteiger partial charge in [0.2, 0.25) is 0 Å². The summed E-state index contributed by atoms with van der Waals surface area (Å²) in [6, 6.07) is 2.41. The molecular weight excluding hydrogens is 208 g/mol. The molecule has 2 aliphatic rings. The third-order valence-corrected chi connectivity index (χ3v) is 4.33. The Bertz CT molecular complexity index is 437. The molecule has 90 valence electrons. The summed E-state index contributed by atoms with van der Waals surface area (Å²) < 4.78 is 0.